The Labute approximate surface area is 179 Å². The van der Waals surface area contributed by atoms with E-state index in [4.69, 9.17) is 4.74 Å². The van der Waals surface area contributed by atoms with Crippen LogP contribution >= 0.6 is 0 Å². The summed E-state index contributed by atoms with van der Waals surface area (Å²) >= 11 is 0. The highest BCUT2D eigenvalue weighted by Gasteiger charge is 2.35. The summed E-state index contributed by atoms with van der Waals surface area (Å²) in [6, 6.07) is 3.16. The van der Waals surface area contributed by atoms with Crippen LogP contribution in [0.5, 0.6) is 5.88 Å². The molecule has 0 bridgehead atoms. The number of hydrogen-bond donors (Lipinski definition) is 2. The van der Waals surface area contributed by atoms with Crippen LogP contribution in [0.15, 0.2) is 43.2 Å². The SMILES string of the molecule is CCOc1cncc(-n2cnc(C(=O)NCc3cc(NS(=O)(=O)C4CC4)ccn3)c2)n1. The molecule has 1 saturated carbocycles. The van der Waals surface area contributed by atoms with E-state index in [1.807, 2.05) is 6.92 Å². The van der Waals surface area contributed by atoms with E-state index in [2.05, 4.69) is 30.0 Å². The molecule has 2 N–H and O–H groups in total. The van der Waals surface area contributed by atoms with Crippen molar-refractivity contribution in [3.63, 3.8) is 0 Å². The van der Waals surface area contributed by atoms with E-state index in [9.17, 15) is 13.2 Å². The molecule has 4 rings (SSSR count). The summed E-state index contributed by atoms with van der Waals surface area (Å²) in [7, 11) is -3.36. The van der Waals surface area contributed by atoms with Crippen molar-refractivity contribution in [1.29, 1.82) is 0 Å². The molecule has 0 saturated heterocycles. The maximum Gasteiger partial charge on any atom is 0.271 e. The maximum absolute atomic E-state index is 12.5. The first-order valence-electron chi connectivity index (χ1n) is 9.68. The van der Waals surface area contributed by atoms with Crippen LogP contribution < -0.4 is 14.8 Å². The molecular formula is C19H21N7O4S. The summed E-state index contributed by atoms with van der Waals surface area (Å²) in [4.78, 5) is 29.1. The number of carbonyl (C=O) groups excluding carboxylic acids is 1. The van der Waals surface area contributed by atoms with Gasteiger partial charge in [0, 0.05) is 12.4 Å². The molecule has 0 radical (unpaired) electrons. The summed E-state index contributed by atoms with van der Waals surface area (Å²) < 4.78 is 33.6. The Morgan fingerprint density at radius 3 is 2.90 bits per heavy atom. The highest BCUT2D eigenvalue weighted by molar-refractivity contribution is 7.93. The van der Waals surface area contributed by atoms with Crippen molar-refractivity contribution >= 4 is 21.6 Å². The first-order valence-corrected chi connectivity index (χ1v) is 11.2. The fourth-order valence-corrected chi connectivity index (χ4v) is 4.15. The molecule has 0 atom stereocenters. The number of carbonyl (C=O) groups is 1. The number of hydrogen-bond acceptors (Lipinski definition) is 8. The molecule has 1 aliphatic carbocycles. The minimum Gasteiger partial charge on any atom is -0.477 e. The Kier molecular flexibility index (Phi) is 5.80. The van der Waals surface area contributed by atoms with E-state index in [-0.39, 0.29) is 17.5 Å². The standard InChI is InChI=1S/C19H21N7O4S/c1-2-30-18-10-20-9-17(24-18)26-11-16(23-12-26)19(27)22-8-14-7-13(5-6-21-14)25-31(28,29)15-3-4-15/h5-7,9-12,15H,2-4,8H2,1H3,(H,21,25)(H,22,27). The fraction of sp³-hybridized carbons (Fsp3) is 0.316. The van der Waals surface area contributed by atoms with Gasteiger partial charge in [0.2, 0.25) is 15.9 Å². The van der Waals surface area contributed by atoms with Gasteiger partial charge in [-0.05, 0) is 31.9 Å². The number of aromatic nitrogens is 5. The van der Waals surface area contributed by atoms with Crippen LogP contribution in [0.2, 0.25) is 0 Å². The third-order valence-corrected chi connectivity index (χ3v) is 6.31. The molecule has 0 unspecified atom stereocenters. The summed E-state index contributed by atoms with van der Waals surface area (Å²) in [5, 5.41) is 2.40. The zero-order valence-corrected chi connectivity index (χ0v) is 17.5. The van der Waals surface area contributed by atoms with E-state index in [1.54, 1.807) is 16.7 Å². The van der Waals surface area contributed by atoms with Crippen LogP contribution in [0.4, 0.5) is 5.69 Å². The van der Waals surface area contributed by atoms with Crippen molar-refractivity contribution in [2.24, 2.45) is 0 Å². The Morgan fingerprint density at radius 1 is 1.29 bits per heavy atom. The lowest BCUT2D eigenvalue weighted by Crippen LogP contribution is -2.24. The Balaban J connectivity index is 1.38. The van der Waals surface area contributed by atoms with E-state index >= 15 is 0 Å². The quantitative estimate of drug-likeness (QED) is 0.504. The highest BCUT2D eigenvalue weighted by Crippen LogP contribution is 2.29. The van der Waals surface area contributed by atoms with Crippen molar-refractivity contribution in [3.05, 3.63) is 54.6 Å². The van der Waals surface area contributed by atoms with Gasteiger partial charge in [0.05, 0.1) is 42.2 Å². The van der Waals surface area contributed by atoms with E-state index < -0.39 is 15.9 Å². The molecule has 3 aromatic heterocycles. The van der Waals surface area contributed by atoms with Crippen LogP contribution in [-0.2, 0) is 16.6 Å². The fourth-order valence-electron chi connectivity index (χ4n) is 2.77. The molecule has 0 aliphatic heterocycles. The molecular weight excluding hydrogens is 422 g/mol. The predicted octanol–water partition coefficient (Wildman–Crippen LogP) is 1.29. The van der Waals surface area contributed by atoms with Crippen LogP contribution in [-0.4, -0.2) is 50.7 Å². The zero-order valence-electron chi connectivity index (χ0n) is 16.7. The smallest absolute Gasteiger partial charge is 0.271 e. The van der Waals surface area contributed by atoms with Crippen molar-refractivity contribution in [2.75, 3.05) is 11.3 Å². The van der Waals surface area contributed by atoms with E-state index in [0.29, 0.717) is 42.5 Å². The van der Waals surface area contributed by atoms with E-state index in [0.717, 1.165) is 0 Å². The molecule has 1 aliphatic rings. The van der Waals surface area contributed by atoms with Gasteiger partial charge in [0.25, 0.3) is 5.91 Å². The van der Waals surface area contributed by atoms with Crippen LogP contribution in [0.25, 0.3) is 5.82 Å². The van der Waals surface area contributed by atoms with Gasteiger partial charge in [-0.3, -0.25) is 24.1 Å². The molecule has 1 fully saturated rings. The predicted molar refractivity (Wildman–Crippen MR) is 111 cm³/mol. The van der Waals surface area contributed by atoms with Gasteiger partial charge in [-0.25, -0.2) is 13.4 Å². The average Bonchev–Trinajstić information content (AvgIpc) is 3.51. The number of sulfonamides is 1. The molecule has 12 heteroatoms. The first kappa shape index (κ1) is 20.7. The molecule has 11 nitrogen and oxygen atoms in total. The topological polar surface area (TPSA) is 141 Å². The van der Waals surface area contributed by atoms with Gasteiger partial charge in [-0.1, -0.05) is 0 Å². The van der Waals surface area contributed by atoms with Gasteiger partial charge in [0.1, 0.15) is 12.0 Å². The zero-order chi connectivity index (χ0) is 21.8. The third kappa shape index (κ3) is 5.15. The second-order valence-corrected chi connectivity index (χ2v) is 8.84. The largest absolute Gasteiger partial charge is 0.477 e. The molecule has 1 amide bonds. The van der Waals surface area contributed by atoms with E-state index in [1.165, 1.54) is 31.1 Å². The highest BCUT2D eigenvalue weighted by atomic mass is 32.2. The van der Waals surface area contributed by atoms with Gasteiger partial charge in [-0.15, -0.1) is 0 Å². The number of nitrogens with one attached hydrogen (secondary N) is 2. The second kappa shape index (κ2) is 8.68. The lowest BCUT2D eigenvalue weighted by atomic mass is 10.3. The lowest BCUT2D eigenvalue weighted by Gasteiger charge is -2.08. The van der Waals surface area contributed by atoms with Crippen molar-refractivity contribution in [1.82, 2.24) is 29.8 Å². The molecule has 3 heterocycles. The Morgan fingerprint density at radius 2 is 2.13 bits per heavy atom. The lowest BCUT2D eigenvalue weighted by molar-refractivity contribution is 0.0946. The second-order valence-electron chi connectivity index (χ2n) is 6.88. The maximum atomic E-state index is 12.5. The number of imidazole rings is 1. The number of amides is 1. The molecule has 162 valence electrons. The summed E-state index contributed by atoms with van der Waals surface area (Å²) in [6.45, 7) is 2.43. The van der Waals surface area contributed by atoms with Crippen LogP contribution in [0.1, 0.15) is 35.9 Å². The minimum atomic E-state index is -3.36. The number of pyridine rings is 1. The number of ether oxygens (including phenoxy) is 1. The Hall–Kier alpha value is -3.54. The van der Waals surface area contributed by atoms with Gasteiger partial charge in [0.15, 0.2) is 5.82 Å². The number of nitrogens with zero attached hydrogens (tertiary/aromatic N) is 5. The molecule has 31 heavy (non-hydrogen) atoms. The minimum absolute atomic E-state index is 0.115. The number of rotatable bonds is 9. The molecule has 0 aromatic carbocycles. The van der Waals surface area contributed by atoms with Gasteiger partial charge < -0.3 is 10.1 Å². The first-order chi connectivity index (χ1) is 14.9. The van der Waals surface area contributed by atoms with Crippen molar-refractivity contribution in [3.8, 4) is 11.7 Å². The molecule has 0 spiro atoms. The Bertz CT molecular complexity index is 1190. The summed E-state index contributed by atoms with van der Waals surface area (Å²) in [5.74, 6) is 0.441. The van der Waals surface area contributed by atoms with Gasteiger partial charge in [-0.2, -0.15) is 4.98 Å². The summed E-state index contributed by atoms with van der Waals surface area (Å²) in [5.41, 5.74) is 1.12. The number of anilines is 1. The molecule has 3 aromatic rings. The van der Waals surface area contributed by atoms with Gasteiger partial charge >= 0.3 is 0 Å². The average molecular weight is 443 g/mol. The van der Waals surface area contributed by atoms with Crippen molar-refractivity contribution in [2.45, 2.75) is 31.6 Å². The third-order valence-electron chi connectivity index (χ3n) is 4.44. The van der Waals surface area contributed by atoms with Crippen molar-refractivity contribution < 1.29 is 17.9 Å². The normalized spacial score (nSPS) is 13.6. The monoisotopic (exact) mass is 443 g/mol. The van der Waals surface area contributed by atoms with Crippen LogP contribution in [0, 0.1) is 0 Å². The summed E-state index contributed by atoms with van der Waals surface area (Å²) in [6.07, 6.45) is 8.87. The van der Waals surface area contributed by atoms with Crippen LogP contribution in [0.3, 0.4) is 0 Å².